The van der Waals surface area contributed by atoms with Crippen molar-refractivity contribution in [2.45, 2.75) is 57.2 Å². The van der Waals surface area contributed by atoms with Crippen LogP contribution >= 0.6 is 0 Å². The Morgan fingerprint density at radius 3 is 2.73 bits per heavy atom. The number of hydrogen-bond acceptors (Lipinski definition) is 3. The van der Waals surface area contributed by atoms with Crippen LogP contribution in [-0.4, -0.2) is 34.6 Å². The number of anilines is 1. The number of carbonyl (C=O) groups is 1. The van der Waals surface area contributed by atoms with E-state index in [0.717, 1.165) is 31.7 Å². The SMILES string of the molecule is O=C(Nc1cnn(C[C@H]2CCCO2)c1)NC(C1CC1)C1CC1. The lowest BCUT2D eigenvalue weighted by Crippen LogP contribution is -2.40. The summed E-state index contributed by atoms with van der Waals surface area (Å²) in [5, 5.41) is 10.4. The average molecular weight is 304 g/mol. The summed E-state index contributed by atoms with van der Waals surface area (Å²) in [5.41, 5.74) is 0.751. The molecule has 0 spiro atoms. The van der Waals surface area contributed by atoms with Crippen LogP contribution in [0.25, 0.3) is 0 Å². The normalized spacial score (nSPS) is 24.7. The zero-order valence-electron chi connectivity index (χ0n) is 12.8. The van der Waals surface area contributed by atoms with Gasteiger partial charge in [-0.25, -0.2) is 4.79 Å². The van der Waals surface area contributed by atoms with Crippen molar-refractivity contribution in [3.8, 4) is 0 Å². The molecule has 1 aromatic rings. The van der Waals surface area contributed by atoms with Gasteiger partial charge < -0.3 is 15.4 Å². The minimum atomic E-state index is -0.0968. The summed E-state index contributed by atoms with van der Waals surface area (Å²) >= 11 is 0. The Bertz CT molecular complexity index is 518. The predicted octanol–water partition coefficient (Wildman–Crippen LogP) is 2.37. The van der Waals surface area contributed by atoms with Crippen LogP contribution in [0.2, 0.25) is 0 Å². The Morgan fingerprint density at radius 1 is 1.32 bits per heavy atom. The van der Waals surface area contributed by atoms with E-state index >= 15 is 0 Å². The molecule has 3 fully saturated rings. The third kappa shape index (κ3) is 3.43. The molecule has 0 aromatic carbocycles. The molecule has 2 aliphatic carbocycles. The van der Waals surface area contributed by atoms with Crippen LogP contribution in [-0.2, 0) is 11.3 Å². The summed E-state index contributed by atoms with van der Waals surface area (Å²) in [6, 6.07) is 0.280. The first-order valence-corrected chi connectivity index (χ1v) is 8.49. The van der Waals surface area contributed by atoms with Crippen LogP contribution in [0.1, 0.15) is 38.5 Å². The second-order valence-corrected chi connectivity index (χ2v) is 6.89. The Labute approximate surface area is 130 Å². The van der Waals surface area contributed by atoms with Gasteiger partial charge in [-0.05, 0) is 50.4 Å². The molecule has 2 N–H and O–H groups in total. The van der Waals surface area contributed by atoms with Crippen molar-refractivity contribution < 1.29 is 9.53 Å². The van der Waals surface area contributed by atoms with Crippen molar-refractivity contribution >= 4 is 11.7 Å². The Kier molecular flexibility index (Phi) is 3.78. The number of carbonyl (C=O) groups excluding carboxylic acids is 1. The summed E-state index contributed by atoms with van der Waals surface area (Å²) in [4.78, 5) is 12.2. The fourth-order valence-corrected chi connectivity index (χ4v) is 3.37. The van der Waals surface area contributed by atoms with Gasteiger partial charge in [0.25, 0.3) is 0 Å². The smallest absolute Gasteiger partial charge is 0.319 e. The molecule has 0 bridgehead atoms. The Balaban J connectivity index is 1.28. The fraction of sp³-hybridized carbons (Fsp3) is 0.750. The first-order valence-electron chi connectivity index (χ1n) is 8.49. The third-order valence-corrected chi connectivity index (χ3v) is 4.86. The van der Waals surface area contributed by atoms with Crippen LogP contribution in [0.4, 0.5) is 10.5 Å². The van der Waals surface area contributed by atoms with Crippen LogP contribution < -0.4 is 10.6 Å². The second kappa shape index (κ2) is 5.91. The summed E-state index contributed by atoms with van der Waals surface area (Å²) in [6.45, 7) is 1.61. The number of nitrogens with zero attached hydrogens (tertiary/aromatic N) is 2. The summed E-state index contributed by atoms with van der Waals surface area (Å²) in [7, 11) is 0. The molecule has 1 atom stereocenters. The van der Waals surface area contributed by atoms with Gasteiger partial charge in [0.1, 0.15) is 0 Å². The standard InChI is InChI=1S/C16H24N4O2/c21-16(19-15(11-3-4-11)12-5-6-12)18-13-8-17-20(9-13)10-14-2-1-7-22-14/h8-9,11-12,14-15H,1-7,10H2,(H2,18,19,21)/t14-/m1/s1. The molecule has 1 aromatic heterocycles. The van der Waals surface area contributed by atoms with E-state index in [1.807, 2.05) is 10.9 Å². The topological polar surface area (TPSA) is 68.2 Å². The van der Waals surface area contributed by atoms with Gasteiger partial charge in [0.05, 0.1) is 24.5 Å². The van der Waals surface area contributed by atoms with E-state index in [1.165, 1.54) is 25.7 Å². The molecule has 3 aliphatic rings. The van der Waals surface area contributed by atoms with Crippen LogP contribution in [0, 0.1) is 11.8 Å². The highest BCUT2D eigenvalue weighted by molar-refractivity contribution is 5.89. The molecule has 2 heterocycles. The molecule has 1 aliphatic heterocycles. The molecule has 2 amide bonds. The predicted molar refractivity (Wildman–Crippen MR) is 82.6 cm³/mol. The molecule has 0 radical (unpaired) electrons. The molecule has 120 valence electrons. The molecule has 4 rings (SSSR count). The zero-order chi connectivity index (χ0) is 14.9. The number of amides is 2. The number of ether oxygens (including phenoxy) is 1. The van der Waals surface area contributed by atoms with E-state index in [0.29, 0.717) is 17.9 Å². The highest BCUT2D eigenvalue weighted by Crippen LogP contribution is 2.44. The van der Waals surface area contributed by atoms with Crippen molar-refractivity contribution in [3.05, 3.63) is 12.4 Å². The van der Waals surface area contributed by atoms with Crippen molar-refractivity contribution in [1.82, 2.24) is 15.1 Å². The molecule has 6 heteroatoms. The molecule has 6 nitrogen and oxygen atoms in total. The number of hydrogen-bond donors (Lipinski definition) is 2. The van der Waals surface area contributed by atoms with E-state index in [-0.39, 0.29) is 12.1 Å². The summed E-state index contributed by atoms with van der Waals surface area (Å²) < 4.78 is 7.46. The number of nitrogens with one attached hydrogen (secondary N) is 2. The summed E-state index contributed by atoms with van der Waals surface area (Å²) in [6.07, 6.45) is 11.1. The van der Waals surface area contributed by atoms with Crippen molar-refractivity contribution in [1.29, 1.82) is 0 Å². The first kappa shape index (κ1) is 14.1. The summed E-state index contributed by atoms with van der Waals surface area (Å²) in [5.74, 6) is 1.42. The van der Waals surface area contributed by atoms with Gasteiger partial charge in [-0.1, -0.05) is 0 Å². The molecular weight excluding hydrogens is 280 g/mol. The lowest BCUT2D eigenvalue weighted by molar-refractivity contribution is 0.0940. The van der Waals surface area contributed by atoms with Gasteiger partial charge >= 0.3 is 6.03 Å². The third-order valence-electron chi connectivity index (χ3n) is 4.86. The minimum Gasteiger partial charge on any atom is -0.376 e. The van der Waals surface area contributed by atoms with Crippen molar-refractivity contribution in [2.24, 2.45) is 11.8 Å². The molecular formula is C16H24N4O2. The zero-order valence-corrected chi connectivity index (χ0v) is 12.8. The maximum absolute atomic E-state index is 12.2. The van der Waals surface area contributed by atoms with E-state index in [9.17, 15) is 4.79 Å². The van der Waals surface area contributed by atoms with Gasteiger partial charge in [-0.2, -0.15) is 5.10 Å². The Hall–Kier alpha value is -1.56. The highest BCUT2D eigenvalue weighted by Gasteiger charge is 2.42. The van der Waals surface area contributed by atoms with Gasteiger partial charge in [-0.3, -0.25) is 4.68 Å². The van der Waals surface area contributed by atoms with Gasteiger partial charge in [-0.15, -0.1) is 0 Å². The van der Waals surface area contributed by atoms with E-state index in [1.54, 1.807) is 6.20 Å². The fourth-order valence-electron chi connectivity index (χ4n) is 3.37. The van der Waals surface area contributed by atoms with E-state index in [2.05, 4.69) is 15.7 Å². The minimum absolute atomic E-state index is 0.0968. The van der Waals surface area contributed by atoms with E-state index < -0.39 is 0 Å². The molecule has 1 saturated heterocycles. The van der Waals surface area contributed by atoms with Crippen molar-refractivity contribution in [3.63, 3.8) is 0 Å². The number of aromatic nitrogens is 2. The second-order valence-electron chi connectivity index (χ2n) is 6.89. The van der Waals surface area contributed by atoms with Crippen LogP contribution in [0.15, 0.2) is 12.4 Å². The average Bonchev–Trinajstić information content (AvgIpc) is 3.42. The van der Waals surface area contributed by atoms with Crippen LogP contribution in [0.5, 0.6) is 0 Å². The van der Waals surface area contributed by atoms with Gasteiger partial charge in [0.15, 0.2) is 0 Å². The Morgan fingerprint density at radius 2 is 2.09 bits per heavy atom. The lowest BCUT2D eigenvalue weighted by atomic mass is 10.1. The lowest BCUT2D eigenvalue weighted by Gasteiger charge is -2.17. The molecule has 0 unspecified atom stereocenters. The molecule has 22 heavy (non-hydrogen) atoms. The van der Waals surface area contributed by atoms with Gasteiger partial charge in [0.2, 0.25) is 0 Å². The van der Waals surface area contributed by atoms with Crippen molar-refractivity contribution in [2.75, 3.05) is 11.9 Å². The first-order chi connectivity index (χ1) is 10.8. The monoisotopic (exact) mass is 304 g/mol. The van der Waals surface area contributed by atoms with Gasteiger partial charge in [0, 0.05) is 18.8 Å². The molecule has 2 saturated carbocycles. The maximum Gasteiger partial charge on any atom is 0.319 e. The van der Waals surface area contributed by atoms with E-state index in [4.69, 9.17) is 4.74 Å². The van der Waals surface area contributed by atoms with Crippen LogP contribution in [0.3, 0.4) is 0 Å². The quantitative estimate of drug-likeness (QED) is 0.848. The number of urea groups is 1. The number of rotatable bonds is 6. The highest BCUT2D eigenvalue weighted by atomic mass is 16.5. The largest absolute Gasteiger partial charge is 0.376 e. The maximum atomic E-state index is 12.2.